The van der Waals surface area contributed by atoms with E-state index in [4.69, 9.17) is 5.11 Å². The first-order valence-electron chi connectivity index (χ1n) is 5.11. The molecule has 0 saturated carbocycles. The molecule has 1 aromatic heterocycles. The Hall–Kier alpha value is -1.39. The fourth-order valence-corrected chi connectivity index (χ4v) is 2.40. The van der Waals surface area contributed by atoms with Gasteiger partial charge in [-0.05, 0) is 24.4 Å². The molecule has 2 rings (SSSR count). The van der Waals surface area contributed by atoms with Crippen LogP contribution in [0.25, 0.3) is 10.1 Å². The Morgan fingerprint density at radius 2 is 2.25 bits per heavy atom. The number of aliphatic hydroxyl groups excluding tert-OH is 1. The molecule has 0 radical (unpaired) electrons. The van der Waals surface area contributed by atoms with Crippen molar-refractivity contribution in [2.24, 2.45) is 0 Å². The van der Waals surface area contributed by atoms with Crippen LogP contribution in [0.1, 0.15) is 16.6 Å². The van der Waals surface area contributed by atoms with Crippen molar-refractivity contribution in [3.8, 4) is 0 Å². The average Bonchev–Trinajstić information content (AvgIpc) is 2.72. The number of aliphatic hydroxyl groups is 1. The van der Waals surface area contributed by atoms with Crippen molar-refractivity contribution in [1.29, 1.82) is 0 Å². The Labute approximate surface area is 97.7 Å². The third kappa shape index (κ3) is 2.23. The van der Waals surface area contributed by atoms with Crippen LogP contribution in [-0.4, -0.2) is 23.7 Å². The van der Waals surface area contributed by atoms with E-state index in [2.05, 4.69) is 5.32 Å². The van der Waals surface area contributed by atoms with Gasteiger partial charge in [-0.25, -0.2) is 0 Å². The van der Waals surface area contributed by atoms with E-state index < -0.39 is 0 Å². The third-order valence-corrected chi connectivity index (χ3v) is 3.42. The SMILES string of the molecule is C[C@@H](CO)NC(=O)c1cc2ccccc2s1. The standard InChI is InChI=1S/C12H13NO2S/c1-8(7-14)13-12(15)11-6-9-4-2-3-5-10(9)16-11/h2-6,8,14H,7H2,1H3,(H,13,15)/t8-/m0/s1. The lowest BCUT2D eigenvalue weighted by molar-refractivity contribution is 0.0926. The zero-order chi connectivity index (χ0) is 11.5. The summed E-state index contributed by atoms with van der Waals surface area (Å²) in [5.41, 5.74) is 0. The van der Waals surface area contributed by atoms with E-state index >= 15 is 0 Å². The predicted octanol–water partition coefficient (Wildman–Crippen LogP) is 2.01. The topological polar surface area (TPSA) is 49.3 Å². The number of amides is 1. The van der Waals surface area contributed by atoms with Crippen molar-refractivity contribution in [3.63, 3.8) is 0 Å². The van der Waals surface area contributed by atoms with Crippen LogP contribution in [0.4, 0.5) is 0 Å². The van der Waals surface area contributed by atoms with Crippen molar-refractivity contribution in [3.05, 3.63) is 35.2 Å². The normalized spacial score (nSPS) is 12.6. The maximum atomic E-state index is 11.8. The molecule has 84 valence electrons. The van der Waals surface area contributed by atoms with Gasteiger partial charge in [0.15, 0.2) is 0 Å². The molecule has 0 fully saturated rings. The van der Waals surface area contributed by atoms with Crippen LogP contribution in [0.2, 0.25) is 0 Å². The van der Waals surface area contributed by atoms with Crippen molar-refractivity contribution >= 4 is 27.3 Å². The van der Waals surface area contributed by atoms with E-state index in [1.807, 2.05) is 30.3 Å². The van der Waals surface area contributed by atoms with Gasteiger partial charge in [0, 0.05) is 10.7 Å². The smallest absolute Gasteiger partial charge is 0.261 e. The maximum absolute atomic E-state index is 11.8. The van der Waals surface area contributed by atoms with Crippen LogP contribution < -0.4 is 5.32 Å². The van der Waals surface area contributed by atoms with Crippen molar-refractivity contribution < 1.29 is 9.90 Å². The van der Waals surface area contributed by atoms with Gasteiger partial charge in [-0.1, -0.05) is 18.2 Å². The first-order valence-corrected chi connectivity index (χ1v) is 5.92. The highest BCUT2D eigenvalue weighted by Gasteiger charge is 2.11. The first kappa shape index (κ1) is 11.1. The molecular formula is C12H13NO2S. The largest absolute Gasteiger partial charge is 0.394 e. The lowest BCUT2D eigenvalue weighted by Gasteiger charge is -2.08. The zero-order valence-corrected chi connectivity index (χ0v) is 9.75. The second-order valence-electron chi connectivity index (χ2n) is 3.71. The van der Waals surface area contributed by atoms with Crippen LogP contribution in [0.3, 0.4) is 0 Å². The minimum Gasteiger partial charge on any atom is -0.394 e. The van der Waals surface area contributed by atoms with E-state index in [0.717, 1.165) is 10.1 Å². The van der Waals surface area contributed by atoms with Gasteiger partial charge in [-0.15, -0.1) is 11.3 Å². The fraction of sp³-hybridized carbons (Fsp3) is 0.250. The van der Waals surface area contributed by atoms with E-state index in [1.165, 1.54) is 11.3 Å². The van der Waals surface area contributed by atoms with Crippen LogP contribution in [0.15, 0.2) is 30.3 Å². The van der Waals surface area contributed by atoms with Gasteiger partial charge in [0.1, 0.15) is 0 Å². The fourth-order valence-electron chi connectivity index (χ4n) is 1.43. The highest BCUT2D eigenvalue weighted by molar-refractivity contribution is 7.20. The molecule has 4 heteroatoms. The number of thiophene rings is 1. The summed E-state index contributed by atoms with van der Waals surface area (Å²) in [5, 5.41) is 12.7. The number of fused-ring (bicyclic) bond motifs is 1. The average molecular weight is 235 g/mol. The lowest BCUT2D eigenvalue weighted by atomic mass is 10.2. The molecule has 2 aromatic rings. The Bertz CT molecular complexity index is 473. The van der Waals surface area contributed by atoms with Gasteiger partial charge < -0.3 is 10.4 Å². The monoisotopic (exact) mass is 235 g/mol. The number of benzene rings is 1. The molecule has 16 heavy (non-hydrogen) atoms. The second-order valence-corrected chi connectivity index (χ2v) is 4.79. The number of nitrogens with one attached hydrogen (secondary N) is 1. The molecule has 0 saturated heterocycles. The summed E-state index contributed by atoms with van der Waals surface area (Å²) in [4.78, 5) is 12.5. The molecule has 0 spiro atoms. The van der Waals surface area contributed by atoms with Gasteiger partial charge >= 0.3 is 0 Å². The van der Waals surface area contributed by atoms with Crippen molar-refractivity contribution in [2.75, 3.05) is 6.61 Å². The molecule has 0 aliphatic carbocycles. The number of hydrogen-bond donors (Lipinski definition) is 2. The molecule has 1 aromatic carbocycles. The molecule has 0 aliphatic heterocycles. The van der Waals surface area contributed by atoms with Crippen LogP contribution in [-0.2, 0) is 0 Å². The van der Waals surface area contributed by atoms with Crippen molar-refractivity contribution in [2.45, 2.75) is 13.0 Å². The summed E-state index contributed by atoms with van der Waals surface area (Å²) in [5.74, 6) is -0.122. The summed E-state index contributed by atoms with van der Waals surface area (Å²) in [7, 11) is 0. The van der Waals surface area contributed by atoms with Gasteiger partial charge in [-0.2, -0.15) is 0 Å². The summed E-state index contributed by atoms with van der Waals surface area (Å²) in [6, 6.07) is 9.55. The molecule has 0 unspecified atom stereocenters. The van der Waals surface area contributed by atoms with Crippen molar-refractivity contribution in [1.82, 2.24) is 5.32 Å². The summed E-state index contributed by atoms with van der Waals surface area (Å²) >= 11 is 1.46. The summed E-state index contributed by atoms with van der Waals surface area (Å²) in [6.45, 7) is 1.72. The molecular weight excluding hydrogens is 222 g/mol. The van der Waals surface area contributed by atoms with E-state index in [1.54, 1.807) is 6.92 Å². The lowest BCUT2D eigenvalue weighted by Crippen LogP contribution is -2.34. The molecule has 0 bridgehead atoms. The van der Waals surface area contributed by atoms with E-state index in [9.17, 15) is 4.79 Å². The maximum Gasteiger partial charge on any atom is 0.261 e. The van der Waals surface area contributed by atoms with Gasteiger partial charge in [0.05, 0.1) is 11.5 Å². The zero-order valence-electron chi connectivity index (χ0n) is 8.93. The van der Waals surface area contributed by atoms with Crippen LogP contribution >= 0.6 is 11.3 Å². The third-order valence-electron chi connectivity index (χ3n) is 2.30. The number of rotatable bonds is 3. The van der Waals surface area contributed by atoms with Gasteiger partial charge in [-0.3, -0.25) is 4.79 Å². The Kier molecular flexibility index (Phi) is 3.22. The quantitative estimate of drug-likeness (QED) is 0.855. The van der Waals surface area contributed by atoms with Gasteiger partial charge in [0.2, 0.25) is 0 Å². The molecule has 1 heterocycles. The van der Waals surface area contributed by atoms with Gasteiger partial charge in [0.25, 0.3) is 5.91 Å². The van der Waals surface area contributed by atoms with Crippen LogP contribution in [0.5, 0.6) is 0 Å². The summed E-state index contributed by atoms with van der Waals surface area (Å²) in [6.07, 6.45) is 0. The Balaban J connectivity index is 2.23. The number of carbonyl (C=O) groups excluding carboxylic acids is 1. The number of hydrogen-bond acceptors (Lipinski definition) is 3. The minimum absolute atomic E-state index is 0.0450. The summed E-state index contributed by atoms with van der Waals surface area (Å²) < 4.78 is 1.10. The highest BCUT2D eigenvalue weighted by Crippen LogP contribution is 2.25. The molecule has 0 aliphatic rings. The Morgan fingerprint density at radius 1 is 1.50 bits per heavy atom. The van der Waals surface area contributed by atoms with E-state index in [-0.39, 0.29) is 18.6 Å². The minimum atomic E-state index is -0.210. The Morgan fingerprint density at radius 3 is 2.94 bits per heavy atom. The predicted molar refractivity (Wildman–Crippen MR) is 65.8 cm³/mol. The molecule has 1 atom stereocenters. The second kappa shape index (κ2) is 4.63. The highest BCUT2D eigenvalue weighted by atomic mass is 32.1. The molecule has 1 amide bonds. The molecule has 2 N–H and O–H groups in total. The van der Waals surface area contributed by atoms with Crippen LogP contribution in [0, 0.1) is 0 Å². The number of carbonyl (C=O) groups is 1. The first-order chi connectivity index (χ1) is 7.70. The molecule has 3 nitrogen and oxygen atoms in total. The van der Waals surface area contributed by atoms with E-state index in [0.29, 0.717) is 4.88 Å².